The van der Waals surface area contributed by atoms with Crippen LogP contribution in [-0.4, -0.2) is 35.8 Å². The number of hydrogen-bond acceptors (Lipinski definition) is 5. The van der Waals surface area contributed by atoms with E-state index in [0.717, 1.165) is 22.6 Å². The lowest BCUT2D eigenvalue weighted by atomic mass is 10.1. The van der Waals surface area contributed by atoms with Crippen molar-refractivity contribution < 1.29 is 14.3 Å². The number of methoxy groups -OCH3 is 2. The Kier molecular flexibility index (Phi) is 4.71. The van der Waals surface area contributed by atoms with Gasteiger partial charge in [0, 0.05) is 18.9 Å². The smallest absolute Gasteiger partial charge is 0.234 e. The highest BCUT2D eigenvalue weighted by atomic mass is 32.2. The van der Waals surface area contributed by atoms with Crippen molar-refractivity contribution in [3.63, 3.8) is 0 Å². The van der Waals surface area contributed by atoms with Crippen LogP contribution in [0, 0.1) is 0 Å². The van der Waals surface area contributed by atoms with Crippen LogP contribution in [0.5, 0.6) is 11.5 Å². The van der Waals surface area contributed by atoms with E-state index >= 15 is 0 Å². The fourth-order valence-electron chi connectivity index (χ4n) is 2.67. The summed E-state index contributed by atoms with van der Waals surface area (Å²) in [5.74, 6) is 2.04. The lowest BCUT2D eigenvalue weighted by molar-refractivity contribution is -0.128. The van der Waals surface area contributed by atoms with Crippen LogP contribution in [0.25, 0.3) is 0 Å². The van der Waals surface area contributed by atoms with E-state index in [-0.39, 0.29) is 11.3 Å². The summed E-state index contributed by atoms with van der Waals surface area (Å²) in [5.41, 5.74) is 1.96. The molecule has 1 fully saturated rings. The van der Waals surface area contributed by atoms with E-state index in [2.05, 4.69) is 4.98 Å². The normalized spacial score (nSPS) is 17.4. The second kappa shape index (κ2) is 6.91. The molecular weight excluding hydrogens is 312 g/mol. The summed E-state index contributed by atoms with van der Waals surface area (Å²) < 4.78 is 11.0. The SMILES string of the molecule is COc1cccc(OC)c1C1SCC(=O)N1Cc1ccncc1. The predicted molar refractivity (Wildman–Crippen MR) is 89.5 cm³/mol. The topological polar surface area (TPSA) is 51.7 Å². The molecule has 0 N–H and O–H groups in total. The van der Waals surface area contributed by atoms with Crippen molar-refractivity contribution in [2.45, 2.75) is 11.9 Å². The molecule has 2 aromatic rings. The van der Waals surface area contributed by atoms with Crippen LogP contribution in [0.1, 0.15) is 16.5 Å². The summed E-state index contributed by atoms with van der Waals surface area (Å²) in [6.07, 6.45) is 3.48. The molecule has 1 amide bonds. The minimum absolute atomic E-state index is 0.116. The zero-order chi connectivity index (χ0) is 16.2. The van der Waals surface area contributed by atoms with Gasteiger partial charge < -0.3 is 14.4 Å². The molecule has 3 rings (SSSR count). The van der Waals surface area contributed by atoms with Gasteiger partial charge in [-0.15, -0.1) is 11.8 Å². The zero-order valence-electron chi connectivity index (χ0n) is 13.1. The summed E-state index contributed by atoms with van der Waals surface area (Å²) >= 11 is 1.59. The second-order valence-corrected chi connectivity index (χ2v) is 6.19. The maximum atomic E-state index is 12.4. The van der Waals surface area contributed by atoms with E-state index in [0.29, 0.717) is 12.3 Å². The molecule has 0 spiro atoms. The summed E-state index contributed by atoms with van der Waals surface area (Å²) in [5, 5.41) is -0.123. The monoisotopic (exact) mass is 330 g/mol. The number of carbonyl (C=O) groups excluding carboxylic acids is 1. The third-order valence-corrected chi connectivity index (χ3v) is 5.00. The number of pyridine rings is 1. The van der Waals surface area contributed by atoms with Crippen LogP contribution < -0.4 is 9.47 Å². The Balaban J connectivity index is 1.96. The van der Waals surface area contributed by atoms with E-state index in [4.69, 9.17) is 9.47 Å². The van der Waals surface area contributed by atoms with E-state index in [9.17, 15) is 4.79 Å². The number of benzene rings is 1. The highest BCUT2D eigenvalue weighted by Gasteiger charge is 2.36. The molecule has 2 heterocycles. The average Bonchev–Trinajstić information content (AvgIpc) is 2.95. The molecule has 0 aliphatic carbocycles. The van der Waals surface area contributed by atoms with Gasteiger partial charge in [-0.25, -0.2) is 0 Å². The van der Waals surface area contributed by atoms with Crippen LogP contribution in [0.3, 0.4) is 0 Å². The van der Waals surface area contributed by atoms with Crippen LogP contribution in [0.2, 0.25) is 0 Å². The minimum Gasteiger partial charge on any atom is -0.496 e. The zero-order valence-corrected chi connectivity index (χ0v) is 13.9. The summed E-state index contributed by atoms with van der Waals surface area (Å²) in [4.78, 5) is 18.3. The molecule has 1 aliphatic heterocycles. The minimum atomic E-state index is -0.123. The van der Waals surface area contributed by atoms with Gasteiger partial charge in [0.05, 0.1) is 25.5 Å². The molecular formula is C17H18N2O3S. The van der Waals surface area contributed by atoms with E-state index in [1.807, 2.05) is 35.2 Å². The van der Waals surface area contributed by atoms with Gasteiger partial charge >= 0.3 is 0 Å². The molecule has 1 aliphatic rings. The predicted octanol–water partition coefficient (Wildman–Crippen LogP) is 2.87. The molecule has 1 unspecified atom stereocenters. The van der Waals surface area contributed by atoms with Gasteiger partial charge in [-0.1, -0.05) is 6.07 Å². The lowest BCUT2D eigenvalue weighted by Crippen LogP contribution is -2.28. The number of hydrogen-bond donors (Lipinski definition) is 0. The Morgan fingerprint density at radius 1 is 1.17 bits per heavy atom. The highest BCUT2D eigenvalue weighted by molar-refractivity contribution is 8.00. The van der Waals surface area contributed by atoms with Crippen LogP contribution in [0.4, 0.5) is 0 Å². The lowest BCUT2D eigenvalue weighted by Gasteiger charge is -2.26. The quantitative estimate of drug-likeness (QED) is 0.844. The maximum absolute atomic E-state index is 12.4. The number of carbonyl (C=O) groups is 1. The third-order valence-electron chi connectivity index (χ3n) is 3.78. The summed E-state index contributed by atoms with van der Waals surface area (Å²) in [7, 11) is 3.26. The number of thioether (sulfide) groups is 1. The van der Waals surface area contributed by atoms with Gasteiger partial charge in [0.15, 0.2) is 0 Å². The van der Waals surface area contributed by atoms with Crippen molar-refractivity contribution in [3.05, 3.63) is 53.9 Å². The molecule has 0 saturated carbocycles. The standard InChI is InChI=1S/C17H18N2O3S/c1-21-13-4-3-5-14(22-2)16(13)17-19(15(20)11-23-17)10-12-6-8-18-9-7-12/h3-9,17H,10-11H2,1-2H3. The number of ether oxygens (including phenoxy) is 2. The first-order valence-electron chi connectivity index (χ1n) is 7.25. The van der Waals surface area contributed by atoms with Gasteiger partial charge in [0.25, 0.3) is 0 Å². The molecule has 6 heteroatoms. The fourth-order valence-corrected chi connectivity index (χ4v) is 3.91. The Morgan fingerprint density at radius 3 is 2.43 bits per heavy atom. The van der Waals surface area contributed by atoms with E-state index < -0.39 is 0 Å². The molecule has 0 radical (unpaired) electrons. The third kappa shape index (κ3) is 3.12. The Labute approximate surface area is 139 Å². The van der Waals surface area contributed by atoms with Gasteiger partial charge in [-0.05, 0) is 29.8 Å². The van der Waals surface area contributed by atoms with Gasteiger partial charge in [-0.3, -0.25) is 9.78 Å². The van der Waals surface area contributed by atoms with Crippen molar-refractivity contribution in [3.8, 4) is 11.5 Å². The molecule has 1 saturated heterocycles. The summed E-state index contributed by atoms with van der Waals surface area (Å²) in [6, 6.07) is 9.52. The number of aromatic nitrogens is 1. The maximum Gasteiger partial charge on any atom is 0.234 e. The number of nitrogens with zero attached hydrogens (tertiary/aromatic N) is 2. The molecule has 120 valence electrons. The number of amides is 1. The van der Waals surface area contributed by atoms with Crippen molar-refractivity contribution in [2.24, 2.45) is 0 Å². The van der Waals surface area contributed by atoms with Crippen LogP contribution in [0.15, 0.2) is 42.7 Å². The Bertz CT molecular complexity index is 671. The van der Waals surface area contributed by atoms with E-state index in [1.54, 1.807) is 38.4 Å². The highest BCUT2D eigenvalue weighted by Crippen LogP contribution is 2.47. The van der Waals surface area contributed by atoms with Gasteiger partial charge in [-0.2, -0.15) is 0 Å². The molecule has 1 aromatic heterocycles. The molecule has 0 bridgehead atoms. The first kappa shape index (κ1) is 15.7. The van der Waals surface area contributed by atoms with Crippen LogP contribution >= 0.6 is 11.8 Å². The number of rotatable bonds is 5. The average molecular weight is 330 g/mol. The first-order valence-corrected chi connectivity index (χ1v) is 8.30. The van der Waals surface area contributed by atoms with Gasteiger partial charge in [0.1, 0.15) is 16.9 Å². The largest absolute Gasteiger partial charge is 0.496 e. The van der Waals surface area contributed by atoms with Crippen molar-refractivity contribution >= 4 is 17.7 Å². The first-order chi connectivity index (χ1) is 11.2. The molecule has 1 aromatic carbocycles. The Hall–Kier alpha value is -2.21. The van der Waals surface area contributed by atoms with Crippen molar-refractivity contribution in [2.75, 3.05) is 20.0 Å². The second-order valence-electron chi connectivity index (χ2n) is 5.12. The molecule has 23 heavy (non-hydrogen) atoms. The van der Waals surface area contributed by atoms with Crippen molar-refractivity contribution in [1.29, 1.82) is 0 Å². The fraction of sp³-hybridized carbons (Fsp3) is 0.294. The van der Waals surface area contributed by atoms with Crippen LogP contribution in [-0.2, 0) is 11.3 Å². The molecule has 5 nitrogen and oxygen atoms in total. The van der Waals surface area contributed by atoms with Crippen molar-refractivity contribution in [1.82, 2.24) is 9.88 Å². The Morgan fingerprint density at radius 2 is 1.83 bits per heavy atom. The van der Waals surface area contributed by atoms with E-state index in [1.165, 1.54) is 0 Å². The molecule has 1 atom stereocenters. The summed E-state index contributed by atoms with van der Waals surface area (Å²) in [6.45, 7) is 0.542. The van der Waals surface area contributed by atoms with Gasteiger partial charge in [0.2, 0.25) is 5.91 Å².